The van der Waals surface area contributed by atoms with Gasteiger partial charge in [-0.25, -0.2) is 9.69 Å². The van der Waals surface area contributed by atoms with Crippen LogP contribution in [0.1, 0.15) is 19.4 Å². The molecule has 0 aliphatic carbocycles. The maximum absolute atomic E-state index is 12.5. The summed E-state index contributed by atoms with van der Waals surface area (Å²) in [5.74, 6) is -1.16. The van der Waals surface area contributed by atoms with E-state index < -0.39 is 18.1 Å². The molecule has 5 nitrogen and oxygen atoms in total. The van der Waals surface area contributed by atoms with Gasteiger partial charge in [-0.1, -0.05) is 56.3 Å². The Hall–Kier alpha value is -2.14. The number of ether oxygens (including phenoxy) is 1. The van der Waals surface area contributed by atoms with E-state index in [0.29, 0.717) is 0 Å². The van der Waals surface area contributed by atoms with Crippen LogP contribution in [0, 0.1) is 11.8 Å². The van der Waals surface area contributed by atoms with E-state index in [1.807, 2.05) is 44.2 Å². The minimum absolute atomic E-state index is 0.101. The van der Waals surface area contributed by atoms with Crippen LogP contribution in [0.2, 0.25) is 0 Å². The van der Waals surface area contributed by atoms with Gasteiger partial charge in [0.05, 0.1) is 18.6 Å². The van der Waals surface area contributed by atoms with Crippen LogP contribution in [0.25, 0.3) is 6.08 Å². The lowest BCUT2D eigenvalue weighted by molar-refractivity contribution is -0.136. The summed E-state index contributed by atoms with van der Waals surface area (Å²) >= 11 is 0. The molecule has 1 aliphatic heterocycles. The second-order valence-corrected chi connectivity index (χ2v) is 5.63. The Morgan fingerprint density at radius 1 is 1.32 bits per heavy atom. The van der Waals surface area contributed by atoms with E-state index in [1.165, 1.54) is 0 Å². The van der Waals surface area contributed by atoms with Crippen LogP contribution < -0.4 is 0 Å². The highest BCUT2D eigenvalue weighted by Crippen LogP contribution is 2.22. The number of carbonyl (C=O) groups excluding carboxylic acids is 2. The smallest absolute Gasteiger partial charge is 0.416 e. The summed E-state index contributed by atoms with van der Waals surface area (Å²) in [5.41, 5.74) is 0.942. The molecule has 0 radical (unpaired) electrons. The fraction of sp³-hybridized carbons (Fsp3) is 0.412. The molecule has 1 aromatic carbocycles. The normalized spacial score (nSPS) is 17.8. The number of amides is 2. The zero-order valence-corrected chi connectivity index (χ0v) is 12.8. The first kappa shape index (κ1) is 16.2. The van der Waals surface area contributed by atoms with Crippen molar-refractivity contribution in [2.24, 2.45) is 11.8 Å². The molecule has 1 N–H and O–H groups in total. The molecule has 0 spiro atoms. The van der Waals surface area contributed by atoms with E-state index in [9.17, 15) is 14.7 Å². The summed E-state index contributed by atoms with van der Waals surface area (Å²) in [6.07, 6.45) is 1.78. The zero-order valence-electron chi connectivity index (χ0n) is 12.8. The molecule has 0 unspecified atom stereocenters. The van der Waals surface area contributed by atoms with Crippen LogP contribution in [0.4, 0.5) is 4.79 Å². The van der Waals surface area contributed by atoms with Gasteiger partial charge in [-0.2, -0.15) is 0 Å². The minimum atomic E-state index is -0.957. The number of hydrogen-bond acceptors (Lipinski definition) is 4. The largest absolute Gasteiger partial charge is 0.447 e. The van der Waals surface area contributed by atoms with Gasteiger partial charge in [-0.15, -0.1) is 0 Å². The molecule has 1 aromatic rings. The molecule has 0 bridgehead atoms. The molecule has 0 aromatic heterocycles. The van der Waals surface area contributed by atoms with E-state index in [-0.39, 0.29) is 25.0 Å². The molecule has 1 heterocycles. The first-order valence-corrected chi connectivity index (χ1v) is 7.40. The molecule has 118 valence electrons. The summed E-state index contributed by atoms with van der Waals surface area (Å²) < 4.78 is 4.79. The van der Waals surface area contributed by atoms with E-state index in [4.69, 9.17) is 4.74 Å². The minimum Gasteiger partial charge on any atom is -0.447 e. The van der Waals surface area contributed by atoms with Gasteiger partial charge in [0, 0.05) is 0 Å². The summed E-state index contributed by atoms with van der Waals surface area (Å²) in [7, 11) is 0. The van der Waals surface area contributed by atoms with Crippen molar-refractivity contribution in [3.05, 3.63) is 42.0 Å². The Kier molecular flexibility index (Phi) is 5.33. The average Bonchev–Trinajstić information content (AvgIpc) is 2.92. The Balaban J connectivity index is 2.11. The maximum Gasteiger partial charge on any atom is 0.416 e. The van der Waals surface area contributed by atoms with Crippen molar-refractivity contribution in [1.29, 1.82) is 0 Å². The molecule has 2 atom stereocenters. The number of rotatable bonds is 5. The lowest BCUT2D eigenvalue weighted by Gasteiger charge is -2.26. The number of imide groups is 1. The Bertz CT molecular complexity index is 553. The number of aliphatic hydroxyl groups is 1. The van der Waals surface area contributed by atoms with Crippen LogP contribution in [-0.2, 0) is 9.53 Å². The van der Waals surface area contributed by atoms with Crippen molar-refractivity contribution >= 4 is 18.1 Å². The molecule has 1 aliphatic rings. The lowest BCUT2D eigenvalue weighted by Crippen LogP contribution is -2.43. The second kappa shape index (κ2) is 7.22. The van der Waals surface area contributed by atoms with Gasteiger partial charge in [-0.05, 0) is 11.5 Å². The van der Waals surface area contributed by atoms with E-state index in [2.05, 4.69) is 0 Å². The number of aliphatic hydroxyl groups excluding tert-OH is 1. The molecular weight excluding hydrogens is 282 g/mol. The number of cyclic esters (lactones) is 1. The third-order valence-electron chi connectivity index (χ3n) is 3.68. The number of nitrogens with zero attached hydrogens (tertiary/aromatic N) is 1. The van der Waals surface area contributed by atoms with Crippen molar-refractivity contribution in [2.45, 2.75) is 20.0 Å². The Morgan fingerprint density at radius 2 is 2.00 bits per heavy atom. The molecular formula is C17H21NO4. The first-order valence-electron chi connectivity index (χ1n) is 7.40. The van der Waals surface area contributed by atoms with Gasteiger partial charge in [0.2, 0.25) is 5.91 Å². The SMILES string of the molecule is CC(C)[C@@H](C(=O)N1CCOC1=O)[C@@H](O)/C=C/c1ccccc1. The van der Waals surface area contributed by atoms with Crippen molar-refractivity contribution in [3.63, 3.8) is 0 Å². The van der Waals surface area contributed by atoms with Crippen LogP contribution in [0.3, 0.4) is 0 Å². The van der Waals surface area contributed by atoms with Gasteiger partial charge in [0.1, 0.15) is 6.61 Å². The van der Waals surface area contributed by atoms with E-state index in [0.717, 1.165) is 10.5 Å². The van der Waals surface area contributed by atoms with Gasteiger partial charge in [-0.3, -0.25) is 4.79 Å². The summed E-state index contributed by atoms with van der Waals surface area (Å²) in [6.45, 7) is 4.16. The quantitative estimate of drug-likeness (QED) is 0.906. The summed E-state index contributed by atoms with van der Waals surface area (Å²) in [6, 6.07) is 9.53. The van der Waals surface area contributed by atoms with Crippen LogP contribution in [0.5, 0.6) is 0 Å². The third-order valence-corrected chi connectivity index (χ3v) is 3.68. The zero-order chi connectivity index (χ0) is 16.1. The van der Waals surface area contributed by atoms with E-state index >= 15 is 0 Å². The number of benzene rings is 1. The molecule has 2 rings (SSSR count). The van der Waals surface area contributed by atoms with Gasteiger partial charge in [0.15, 0.2) is 0 Å². The highest BCUT2D eigenvalue weighted by Gasteiger charge is 2.37. The van der Waals surface area contributed by atoms with Crippen LogP contribution >= 0.6 is 0 Å². The number of carbonyl (C=O) groups is 2. The predicted octanol–water partition coefficient (Wildman–Crippen LogP) is 2.31. The molecule has 1 saturated heterocycles. The van der Waals surface area contributed by atoms with Crippen molar-refractivity contribution in [3.8, 4) is 0 Å². The summed E-state index contributed by atoms with van der Waals surface area (Å²) in [5, 5.41) is 10.4. The number of hydrogen-bond donors (Lipinski definition) is 1. The van der Waals surface area contributed by atoms with E-state index in [1.54, 1.807) is 12.2 Å². The standard InChI is InChI=1S/C17H21NO4/c1-12(2)15(16(20)18-10-11-22-17(18)21)14(19)9-8-13-6-4-3-5-7-13/h3-9,12,14-15,19H,10-11H2,1-2H3/b9-8+/t14-,15+/m0/s1. The highest BCUT2D eigenvalue weighted by molar-refractivity contribution is 5.94. The Labute approximate surface area is 130 Å². The molecule has 2 amide bonds. The fourth-order valence-corrected chi connectivity index (χ4v) is 2.49. The van der Waals surface area contributed by atoms with Crippen molar-refractivity contribution < 1.29 is 19.4 Å². The third kappa shape index (κ3) is 3.74. The van der Waals surface area contributed by atoms with Crippen molar-refractivity contribution in [2.75, 3.05) is 13.2 Å². The Morgan fingerprint density at radius 3 is 2.55 bits per heavy atom. The fourth-order valence-electron chi connectivity index (χ4n) is 2.49. The van der Waals surface area contributed by atoms with Crippen LogP contribution in [-0.4, -0.2) is 41.3 Å². The maximum atomic E-state index is 12.5. The first-order chi connectivity index (χ1) is 10.5. The van der Waals surface area contributed by atoms with Gasteiger partial charge in [0.25, 0.3) is 0 Å². The second-order valence-electron chi connectivity index (χ2n) is 5.63. The molecule has 1 fully saturated rings. The molecule has 5 heteroatoms. The predicted molar refractivity (Wildman–Crippen MR) is 82.9 cm³/mol. The molecule has 22 heavy (non-hydrogen) atoms. The highest BCUT2D eigenvalue weighted by atomic mass is 16.6. The monoisotopic (exact) mass is 303 g/mol. The lowest BCUT2D eigenvalue weighted by atomic mass is 9.88. The van der Waals surface area contributed by atoms with Crippen molar-refractivity contribution in [1.82, 2.24) is 4.90 Å². The van der Waals surface area contributed by atoms with Crippen LogP contribution in [0.15, 0.2) is 36.4 Å². The molecule has 0 saturated carbocycles. The van der Waals surface area contributed by atoms with Gasteiger partial charge < -0.3 is 9.84 Å². The van der Waals surface area contributed by atoms with Gasteiger partial charge >= 0.3 is 6.09 Å². The average molecular weight is 303 g/mol. The summed E-state index contributed by atoms with van der Waals surface area (Å²) in [4.78, 5) is 25.1. The topological polar surface area (TPSA) is 66.8 Å².